The maximum atomic E-state index is 13.8. The highest BCUT2D eigenvalue weighted by Crippen LogP contribution is 2.42. The number of ether oxygens (including phenoxy) is 4. The van der Waals surface area contributed by atoms with E-state index in [2.05, 4.69) is 10.6 Å². The van der Waals surface area contributed by atoms with E-state index < -0.39 is 6.04 Å². The Morgan fingerprint density at radius 3 is 2.27 bits per heavy atom. The van der Waals surface area contributed by atoms with Gasteiger partial charge in [0.25, 0.3) is 5.91 Å². The van der Waals surface area contributed by atoms with Gasteiger partial charge in [-0.3, -0.25) is 4.79 Å². The zero-order chi connectivity index (χ0) is 28.4. The fourth-order valence-corrected chi connectivity index (χ4v) is 4.72. The summed E-state index contributed by atoms with van der Waals surface area (Å²) in [5.41, 5.74) is 2.76. The number of aromatic hydroxyl groups is 1. The van der Waals surface area contributed by atoms with Gasteiger partial charge in [-0.25, -0.2) is 4.68 Å². The van der Waals surface area contributed by atoms with E-state index in [9.17, 15) is 9.90 Å². The number of allylic oxidation sites excluding steroid dienone is 1. The molecule has 1 unspecified atom stereocenters. The molecule has 0 radical (unpaired) electrons. The quantitative estimate of drug-likeness (QED) is 0.292. The smallest absolute Gasteiger partial charge is 0.255 e. The van der Waals surface area contributed by atoms with E-state index in [1.165, 1.54) is 21.3 Å². The normalized spacial score (nSPS) is 14.2. The lowest BCUT2D eigenvalue weighted by Crippen LogP contribution is -2.31. The third kappa shape index (κ3) is 4.73. The molecule has 4 aromatic rings. The van der Waals surface area contributed by atoms with Crippen molar-refractivity contribution in [3.05, 3.63) is 77.5 Å². The number of carbonyl (C=O) groups is 1. The van der Waals surface area contributed by atoms with Crippen LogP contribution in [-0.4, -0.2) is 54.2 Å². The third-order valence-electron chi connectivity index (χ3n) is 6.56. The van der Waals surface area contributed by atoms with Gasteiger partial charge in [-0.1, -0.05) is 24.3 Å². The number of amides is 1. The van der Waals surface area contributed by atoms with Crippen LogP contribution in [0.2, 0.25) is 0 Å². The van der Waals surface area contributed by atoms with Crippen LogP contribution in [0.5, 0.6) is 28.7 Å². The summed E-state index contributed by atoms with van der Waals surface area (Å²) in [5.74, 6) is 2.36. The van der Waals surface area contributed by atoms with Gasteiger partial charge in [0.05, 0.1) is 39.7 Å². The van der Waals surface area contributed by atoms with Gasteiger partial charge in [-0.05, 0) is 48.9 Å². The number of aromatic nitrogens is 3. The Balaban J connectivity index is 1.62. The van der Waals surface area contributed by atoms with Crippen molar-refractivity contribution in [2.24, 2.45) is 0 Å². The van der Waals surface area contributed by atoms with Crippen LogP contribution in [0.15, 0.2) is 71.9 Å². The number of anilines is 2. The Kier molecular flexibility index (Phi) is 7.19. The summed E-state index contributed by atoms with van der Waals surface area (Å²) in [5, 5.41) is 21.3. The van der Waals surface area contributed by atoms with Gasteiger partial charge >= 0.3 is 0 Å². The van der Waals surface area contributed by atoms with Gasteiger partial charge in [-0.2, -0.15) is 4.98 Å². The lowest BCUT2D eigenvalue weighted by molar-refractivity contribution is -0.113. The van der Waals surface area contributed by atoms with E-state index in [1.807, 2.05) is 18.2 Å². The molecule has 5 rings (SSSR count). The fourth-order valence-electron chi connectivity index (χ4n) is 4.72. The first-order valence-electron chi connectivity index (χ1n) is 12.4. The molecule has 2 heterocycles. The lowest BCUT2D eigenvalue weighted by atomic mass is 9.95. The molecule has 3 aromatic carbocycles. The van der Waals surface area contributed by atoms with E-state index in [0.717, 1.165) is 0 Å². The standard InChI is InChI=1S/C29H29N5O6/c1-16-24(28(36)31-20-11-6-7-12-21(20)37-2)25(17-9-8-10-19(35)13-17)34-29(30-16)32-27(33-34)18-14-22(38-3)26(40-5)23(15-18)39-4/h6-15,25,35H,1-5H3,(H,31,36)(H,30,32,33). The number of benzene rings is 3. The number of hydrogen-bond donors (Lipinski definition) is 3. The van der Waals surface area contributed by atoms with Gasteiger partial charge in [-0.15, -0.1) is 5.10 Å². The van der Waals surface area contributed by atoms with Crippen molar-refractivity contribution >= 4 is 17.5 Å². The molecular weight excluding hydrogens is 514 g/mol. The molecule has 1 atom stereocenters. The summed E-state index contributed by atoms with van der Waals surface area (Å²) >= 11 is 0. The fraction of sp³-hybridized carbons (Fsp3) is 0.207. The predicted molar refractivity (Wildman–Crippen MR) is 149 cm³/mol. The molecule has 0 aliphatic carbocycles. The van der Waals surface area contributed by atoms with Crippen molar-refractivity contribution in [3.63, 3.8) is 0 Å². The first-order chi connectivity index (χ1) is 19.4. The molecular formula is C29H29N5O6. The van der Waals surface area contributed by atoms with Gasteiger partial charge < -0.3 is 34.7 Å². The number of phenols is 1. The maximum absolute atomic E-state index is 13.8. The van der Waals surface area contributed by atoms with Crippen molar-refractivity contribution < 1.29 is 28.8 Å². The van der Waals surface area contributed by atoms with Gasteiger partial charge in [0.1, 0.15) is 17.5 Å². The molecule has 0 fully saturated rings. The second-order valence-electron chi connectivity index (χ2n) is 8.93. The topological polar surface area (TPSA) is 129 Å². The summed E-state index contributed by atoms with van der Waals surface area (Å²) in [7, 11) is 6.14. The van der Waals surface area contributed by atoms with Gasteiger partial charge in [0, 0.05) is 11.3 Å². The first kappa shape index (κ1) is 26.4. The highest BCUT2D eigenvalue weighted by atomic mass is 16.5. The van der Waals surface area contributed by atoms with E-state index in [4.69, 9.17) is 29.0 Å². The highest BCUT2D eigenvalue weighted by molar-refractivity contribution is 6.06. The summed E-state index contributed by atoms with van der Waals surface area (Å²) in [6.45, 7) is 1.80. The van der Waals surface area contributed by atoms with Gasteiger partial charge in [0.2, 0.25) is 11.7 Å². The number of para-hydroxylation sites is 2. The zero-order valence-electron chi connectivity index (χ0n) is 22.7. The number of methoxy groups -OCH3 is 4. The molecule has 1 amide bonds. The number of carbonyl (C=O) groups excluding carboxylic acids is 1. The van der Waals surface area contributed by atoms with Crippen LogP contribution in [0.3, 0.4) is 0 Å². The molecule has 0 saturated heterocycles. The zero-order valence-corrected chi connectivity index (χ0v) is 22.7. The SMILES string of the molecule is COc1ccccc1NC(=O)C1=C(C)Nc2nc(-c3cc(OC)c(OC)c(OC)c3)nn2C1c1cccc(O)c1. The van der Waals surface area contributed by atoms with Crippen molar-refractivity contribution in [2.75, 3.05) is 39.1 Å². The second kappa shape index (κ2) is 10.9. The van der Waals surface area contributed by atoms with Crippen LogP contribution < -0.4 is 29.6 Å². The monoisotopic (exact) mass is 543 g/mol. The van der Waals surface area contributed by atoms with E-state index >= 15 is 0 Å². The van der Waals surface area contributed by atoms with Crippen LogP contribution in [0.4, 0.5) is 11.6 Å². The molecule has 0 saturated carbocycles. The van der Waals surface area contributed by atoms with Crippen LogP contribution in [0.25, 0.3) is 11.4 Å². The molecule has 1 aliphatic rings. The van der Waals surface area contributed by atoms with E-state index in [1.54, 1.807) is 61.2 Å². The number of nitrogens with zero attached hydrogens (tertiary/aromatic N) is 3. The average molecular weight is 544 g/mol. The Labute approximate surface area is 231 Å². The molecule has 11 heteroatoms. The molecule has 1 aliphatic heterocycles. The first-order valence-corrected chi connectivity index (χ1v) is 12.4. The second-order valence-corrected chi connectivity index (χ2v) is 8.93. The van der Waals surface area contributed by atoms with Crippen molar-refractivity contribution in [2.45, 2.75) is 13.0 Å². The number of hydrogen-bond acceptors (Lipinski definition) is 9. The van der Waals surface area contributed by atoms with E-state index in [-0.39, 0.29) is 11.7 Å². The van der Waals surface area contributed by atoms with Crippen molar-refractivity contribution in [3.8, 4) is 40.1 Å². The molecule has 206 valence electrons. The lowest BCUT2D eigenvalue weighted by Gasteiger charge is -2.29. The molecule has 40 heavy (non-hydrogen) atoms. The summed E-state index contributed by atoms with van der Waals surface area (Å²) in [6, 6.07) is 16.7. The molecule has 11 nitrogen and oxygen atoms in total. The van der Waals surface area contributed by atoms with Crippen LogP contribution >= 0.6 is 0 Å². The summed E-state index contributed by atoms with van der Waals surface area (Å²) in [4.78, 5) is 18.5. The third-order valence-corrected chi connectivity index (χ3v) is 6.56. The molecule has 0 bridgehead atoms. The van der Waals surface area contributed by atoms with Crippen LogP contribution in [0, 0.1) is 0 Å². The van der Waals surface area contributed by atoms with Gasteiger partial charge in [0.15, 0.2) is 17.3 Å². The van der Waals surface area contributed by atoms with Crippen LogP contribution in [0.1, 0.15) is 18.5 Å². The molecule has 3 N–H and O–H groups in total. The highest BCUT2D eigenvalue weighted by Gasteiger charge is 2.35. The Morgan fingerprint density at radius 2 is 1.62 bits per heavy atom. The number of rotatable bonds is 8. The minimum atomic E-state index is -0.707. The largest absolute Gasteiger partial charge is 0.508 e. The van der Waals surface area contributed by atoms with Crippen molar-refractivity contribution in [1.82, 2.24) is 14.8 Å². The Hall–Kier alpha value is -5.19. The number of nitrogens with one attached hydrogen (secondary N) is 2. The minimum absolute atomic E-state index is 0.0599. The Bertz CT molecular complexity index is 1590. The summed E-state index contributed by atoms with van der Waals surface area (Å²) in [6.07, 6.45) is 0. The summed E-state index contributed by atoms with van der Waals surface area (Å²) < 4.78 is 23.5. The number of phenolic OH excluding ortho intramolecular Hbond substituents is 1. The van der Waals surface area contributed by atoms with E-state index in [0.29, 0.717) is 62.9 Å². The maximum Gasteiger partial charge on any atom is 0.255 e. The van der Waals surface area contributed by atoms with Crippen molar-refractivity contribution in [1.29, 1.82) is 0 Å². The van der Waals surface area contributed by atoms with Crippen LogP contribution in [-0.2, 0) is 4.79 Å². The minimum Gasteiger partial charge on any atom is -0.508 e. The molecule has 1 aromatic heterocycles. The average Bonchev–Trinajstić information content (AvgIpc) is 3.39. The molecule has 0 spiro atoms. The predicted octanol–water partition coefficient (Wildman–Crippen LogP) is 4.61. The number of fused-ring (bicyclic) bond motifs is 1. The Morgan fingerprint density at radius 1 is 0.925 bits per heavy atom.